The minimum atomic E-state index is -0.458. The molecule has 2 N–H and O–H groups in total. The van der Waals surface area contributed by atoms with Gasteiger partial charge in [-0.3, -0.25) is 9.59 Å². The van der Waals surface area contributed by atoms with Crippen LogP contribution in [0.25, 0.3) is 0 Å². The van der Waals surface area contributed by atoms with Gasteiger partial charge in [0.2, 0.25) is 5.91 Å². The third-order valence-electron chi connectivity index (χ3n) is 4.23. The van der Waals surface area contributed by atoms with Gasteiger partial charge in [0.25, 0.3) is 0 Å². The molecule has 1 saturated heterocycles. The largest absolute Gasteiger partial charge is 0.356 e. The second-order valence-corrected chi connectivity index (χ2v) is 6.27. The van der Waals surface area contributed by atoms with Crippen LogP contribution in [0.4, 0.5) is 4.39 Å². The topological polar surface area (TPSA) is 61.4 Å². The molecular formula is C18H26FN3O2. The van der Waals surface area contributed by atoms with Crippen LogP contribution in [0.1, 0.15) is 30.1 Å². The quantitative estimate of drug-likeness (QED) is 0.558. The highest BCUT2D eigenvalue weighted by molar-refractivity contribution is 5.99. The Kier molecular flexibility index (Phi) is 7.34. The Morgan fingerprint density at radius 2 is 2.08 bits per heavy atom. The van der Waals surface area contributed by atoms with E-state index in [0.717, 1.165) is 39.1 Å². The number of benzene rings is 1. The van der Waals surface area contributed by atoms with E-state index < -0.39 is 11.7 Å². The molecule has 24 heavy (non-hydrogen) atoms. The van der Waals surface area contributed by atoms with Crippen molar-refractivity contribution in [1.82, 2.24) is 15.5 Å². The molecule has 1 aromatic carbocycles. The summed E-state index contributed by atoms with van der Waals surface area (Å²) in [6.07, 6.45) is 1.03. The van der Waals surface area contributed by atoms with Gasteiger partial charge in [0, 0.05) is 50.6 Å². The summed E-state index contributed by atoms with van der Waals surface area (Å²) in [6, 6.07) is 5.59. The Bertz CT molecular complexity index is 559. The zero-order valence-corrected chi connectivity index (χ0v) is 14.2. The van der Waals surface area contributed by atoms with Crippen molar-refractivity contribution in [3.63, 3.8) is 0 Å². The van der Waals surface area contributed by atoms with Crippen LogP contribution in [0, 0.1) is 11.7 Å². The number of carbonyl (C=O) groups is 2. The Labute approximate surface area is 142 Å². The Balaban J connectivity index is 1.66. The lowest BCUT2D eigenvalue weighted by Gasteiger charge is -2.27. The molecule has 1 aliphatic heterocycles. The normalized spacial score (nSPS) is 16.6. The smallest absolute Gasteiger partial charge is 0.220 e. The van der Waals surface area contributed by atoms with Crippen LogP contribution >= 0.6 is 0 Å². The van der Waals surface area contributed by atoms with E-state index in [0.29, 0.717) is 12.1 Å². The van der Waals surface area contributed by atoms with Crippen LogP contribution in [-0.2, 0) is 4.79 Å². The lowest BCUT2D eigenvalue weighted by atomic mass is 9.96. The summed E-state index contributed by atoms with van der Waals surface area (Å²) in [6.45, 7) is 7.43. The highest BCUT2D eigenvalue weighted by atomic mass is 19.1. The van der Waals surface area contributed by atoms with Gasteiger partial charge >= 0.3 is 0 Å². The highest BCUT2D eigenvalue weighted by Gasteiger charge is 2.19. The van der Waals surface area contributed by atoms with Crippen molar-refractivity contribution in [2.75, 3.05) is 39.3 Å². The van der Waals surface area contributed by atoms with Crippen molar-refractivity contribution in [3.8, 4) is 0 Å². The first kappa shape index (κ1) is 18.5. The molecule has 5 nitrogen and oxygen atoms in total. The van der Waals surface area contributed by atoms with Gasteiger partial charge in [-0.1, -0.05) is 19.1 Å². The SMILES string of the molecule is CC(CC(=O)NCCCN1CCNCC1)C(=O)c1cccc(F)c1. The third-order valence-corrected chi connectivity index (χ3v) is 4.23. The van der Waals surface area contributed by atoms with Gasteiger partial charge in [0.1, 0.15) is 5.82 Å². The van der Waals surface area contributed by atoms with Gasteiger partial charge in [0.05, 0.1) is 0 Å². The standard InChI is InChI=1S/C18H26FN3O2/c1-14(18(24)15-4-2-5-16(19)13-15)12-17(23)21-6-3-9-22-10-7-20-8-11-22/h2,4-5,13-14,20H,3,6-12H2,1H3,(H,21,23). The molecule has 1 atom stereocenters. The number of piperazine rings is 1. The first-order chi connectivity index (χ1) is 11.6. The summed E-state index contributed by atoms with van der Waals surface area (Å²) >= 11 is 0. The predicted molar refractivity (Wildman–Crippen MR) is 91.4 cm³/mol. The zero-order chi connectivity index (χ0) is 17.4. The molecule has 6 heteroatoms. The summed E-state index contributed by atoms with van der Waals surface area (Å²) < 4.78 is 13.2. The van der Waals surface area contributed by atoms with Crippen molar-refractivity contribution < 1.29 is 14.0 Å². The van der Waals surface area contributed by atoms with Crippen LogP contribution in [0.2, 0.25) is 0 Å². The molecule has 1 heterocycles. The van der Waals surface area contributed by atoms with Crippen molar-refractivity contribution in [1.29, 1.82) is 0 Å². The molecule has 1 fully saturated rings. The van der Waals surface area contributed by atoms with Gasteiger partial charge in [-0.25, -0.2) is 4.39 Å². The summed E-state index contributed by atoms with van der Waals surface area (Å²) in [7, 11) is 0. The molecule has 2 rings (SSSR count). The van der Waals surface area contributed by atoms with Crippen LogP contribution in [0.3, 0.4) is 0 Å². The number of nitrogens with zero attached hydrogens (tertiary/aromatic N) is 1. The number of amides is 1. The van der Waals surface area contributed by atoms with E-state index in [1.165, 1.54) is 18.2 Å². The molecule has 0 bridgehead atoms. The Hall–Kier alpha value is -1.79. The lowest BCUT2D eigenvalue weighted by molar-refractivity contribution is -0.121. The minimum Gasteiger partial charge on any atom is -0.356 e. The maximum absolute atomic E-state index is 13.2. The van der Waals surface area contributed by atoms with E-state index in [9.17, 15) is 14.0 Å². The van der Waals surface area contributed by atoms with Gasteiger partial charge in [-0.05, 0) is 25.1 Å². The molecular weight excluding hydrogens is 309 g/mol. The second-order valence-electron chi connectivity index (χ2n) is 6.27. The summed E-state index contributed by atoms with van der Waals surface area (Å²) in [4.78, 5) is 26.5. The highest BCUT2D eigenvalue weighted by Crippen LogP contribution is 2.13. The number of ketones is 1. The number of rotatable bonds is 8. The van der Waals surface area contributed by atoms with E-state index in [4.69, 9.17) is 0 Å². The number of Topliss-reactive ketones (excluding diaryl/α,β-unsaturated/α-hetero) is 1. The second kappa shape index (κ2) is 9.49. The van der Waals surface area contributed by atoms with Gasteiger partial charge in [-0.15, -0.1) is 0 Å². The van der Waals surface area contributed by atoms with Crippen molar-refractivity contribution in [2.24, 2.45) is 5.92 Å². The van der Waals surface area contributed by atoms with E-state index in [-0.39, 0.29) is 18.1 Å². The lowest BCUT2D eigenvalue weighted by Crippen LogP contribution is -2.44. The fourth-order valence-electron chi connectivity index (χ4n) is 2.83. The molecule has 0 aromatic heterocycles. The number of nitrogens with one attached hydrogen (secondary N) is 2. The van der Waals surface area contributed by atoms with Crippen molar-refractivity contribution >= 4 is 11.7 Å². The maximum Gasteiger partial charge on any atom is 0.220 e. The van der Waals surface area contributed by atoms with Crippen LogP contribution in [-0.4, -0.2) is 55.9 Å². The molecule has 1 amide bonds. The molecule has 0 spiro atoms. The first-order valence-electron chi connectivity index (χ1n) is 8.56. The van der Waals surface area contributed by atoms with Crippen LogP contribution in [0.15, 0.2) is 24.3 Å². The predicted octanol–water partition coefficient (Wildman–Crippen LogP) is 1.45. The Morgan fingerprint density at radius 3 is 2.79 bits per heavy atom. The van der Waals surface area contributed by atoms with Crippen molar-refractivity contribution in [3.05, 3.63) is 35.6 Å². The molecule has 1 unspecified atom stereocenters. The Morgan fingerprint density at radius 1 is 1.33 bits per heavy atom. The minimum absolute atomic E-state index is 0.128. The van der Waals surface area contributed by atoms with Crippen LogP contribution < -0.4 is 10.6 Å². The molecule has 1 aliphatic rings. The molecule has 132 valence electrons. The maximum atomic E-state index is 13.2. The third kappa shape index (κ3) is 6.02. The van der Waals surface area contributed by atoms with E-state index in [1.807, 2.05) is 0 Å². The van der Waals surface area contributed by atoms with Gasteiger partial charge in [0.15, 0.2) is 5.78 Å². The number of hydrogen-bond acceptors (Lipinski definition) is 4. The van der Waals surface area contributed by atoms with E-state index >= 15 is 0 Å². The number of carbonyl (C=O) groups excluding carboxylic acids is 2. The van der Waals surface area contributed by atoms with Crippen LogP contribution in [0.5, 0.6) is 0 Å². The zero-order valence-electron chi connectivity index (χ0n) is 14.2. The van der Waals surface area contributed by atoms with E-state index in [2.05, 4.69) is 15.5 Å². The summed E-state index contributed by atoms with van der Waals surface area (Å²) in [5.74, 6) is -1.23. The molecule has 1 aromatic rings. The number of halogens is 1. The first-order valence-corrected chi connectivity index (χ1v) is 8.56. The fourth-order valence-corrected chi connectivity index (χ4v) is 2.83. The summed E-state index contributed by atoms with van der Waals surface area (Å²) in [5.41, 5.74) is 0.314. The monoisotopic (exact) mass is 335 g/mol. The summed E-state index contributed by atoms with van der Waals surface area (Å²) in [5, 5.41) is 6.17. The average molecular weight is 335 g/mol. The fraction of sp³-hybridized carbons (Fsp3) is 0.556. The van der Waals surface area contributed by atoms with E-state index in [1.54, 1.807) is 13.0 Å². The van der Waals surface area contributed by atoms with Gasteiger partial charge in [-0.2, -0.15) is 0 Å². The van der Waals surface area contributed by atoms with Crippen molar-refractivity contribution in [2.45, 2.75) is 19.8 Å². The molecule has 0 radical (unpaired) electrons. The average Bonchev–Trinajstić information content (AvgIpc) is 2.59. The molecule has 0 saturated carbocycles. The molecule has 0 aliphatic carbocycles. The van der Waals surface area contributed by atoms with Gasteiger partial charge < -0.3 is 15.5 Å². The number of hydrogen-bond donors (Lipinski definition) is 2.